The molecule has 0 spiro atoms. The average molecular weight is 367 g/mol. The van der Waals surface area contributed by atoms with Crippen molar-refractivity contribution in [1.82, 2.24) is 20.6 Å². The van der Waals surface area contributed by atoms with Gasteiger partial charge in [-0.3, -0.25) is 4.79 Å². The van der Waals surface area contributed by atoms with Crippen LogP contribution in [-0.4, -0.2) is 40.2 Å². The van der Waals surface area contributed by atoms with E-state index in [1.807, 2.05) is 0 Å². The second-order valence-electron chi connectivity index (χ2n) is 7.54. The van der Waals surface area contributed by atoms with Crippen molar-refractivity contribution < 1.29 is 14.3 Å². The quantitative estimate of drug-likeness (QED) is 0.523. The van der Waals surface area contributed by atoms with Crippen molar-refractivity contribution >= 4 is 12.0 Å². The van der Waals surface area contributed by atoms with Crippen LogP contribution in [0.5, 0.6) is 0 Å². The molecule has 3 N–H and O–H groups in total. The van der Waals surface area contributed by atoms with Gasteiger partial charge >= 0.3 is 6.09 Å². The van der Waals surface area contributed by atoms with Crippen LogP contribution in [0.25, 0.3) is 0 Å². The number of hydrogen-bond acceptors (Lipinski definition) is 4. The Hall–Kier alpha value is -2.05. The first-order valence-corrected chi connectivity index (χ1v) is 9.56. The molecule has 0 radical (unpaired) electrons. The number of H-pyrrole nitrogens is 1. The smallest absolute Gasteiger partial charge is 0.408 e. The van der Waals surface area contributed by atoms with Crippen LogP contribution in [-0.2, 0) is 16.0 Å². The number of aromatic amines is 1. The first kappa shape index (κ1) is 22.0. The summed E-state index contributed by atoms with van der Waals surface area (Å²) < 4.78 is 5.26. The number of carbonyl (C=O) groups excluding carboxylic acids is 2. The van der Waals surface area contributed by atoms with Crippen LogP contribution in [0.3, 0.4) is 0 Å². The predicted octanol–water partition coefficient (Wildman–Crippen LogP) is 3.32. The van der Waals surface area contributed by atoms with Crippen molar-refractivity contribution in [2.24, 2.45) is 0 Å². The van der Waals surface area contributed by atoms with Crippen LogP contribution in [0, 0.1) is 0 Å². The summed E-state index contributed by atoms with van der Waals surface area (Å²) in [7, 11) is 0. The summed E-state index contributed by atoms with van der Waals surface area (Å²) in [5.74, 6) is -0.209. The number of carbonyl (C=O) groups is 2. The second kappa shape index (κ2) is 11.5. The van der Waals surface area contributed by atoms with Gasteiger partial charge < -0.3 is 20.4 Å². The summed E-state index contributed by atoms with van der Waals surface area (Å²) in [5.41, 5.74) is 0.165. The van der Waals surface area contributed by atoms with Crippen molar-refractivity contribution in [3.63, 3.8) is 0 Å². The van der Waals surface area contributed by atoms with Gasteiger partial charge in [-0.05, 0) is 27.2 Å². The lowest BCUT2D eigenvalue weighted by Crippen LogP contribution is -2.49. The Kier molecular flexibility index (Phi) is 9.76. The Morgan fingerprint density at radius 2 is 1.88 bits per heavy atom. The van der Waals surface area contributed by atoms with Gasteiger partial charge in [0.2, 0.25) is 5.91 Å². The maximum absolute atomic E-state index is 12.5. The minimum Gasteiger partial charge on any atom is -0.444 e. The largest absolute Gasteiger partial charge is 0.444 e. The first-order valence-electron chi connectivity index (χ1n) is 9.56. The van der Waals surface area contributed by atoms with Crippen LogP contribution in [0.15, 0.2) is 12.5 Å². The summed E-state index contributed by atoms with van der Waals surface area (Å²) in [6.07, 6.45) is 9.90. The lowest BCUT2D eigenvalue weighted by atomic mass is 10.1. The van der Waals surface area contributed by atoms with Crippen LogP contribution >= 0.6 is 0 Å². The molecule has 0 bridgehead atoms. The summed E-state index contributed by atoms with van der Waals surface area (Å²) in [6, 6.07) is -0.703. The van der Waals surface area contributed by atoms with E-state index in [0.717, 1.165) is 18.5 Å². The minimum absolute atomic E-state index is 0.209. The molecule has 1 aromatic rings. The number of rotatable bonds is 11. The fourth-order valence-corrected chi connectivity index (χ4v) is 2.52. The lowest BCUT2D eigenvalue weighted by molar-refractivity contribution is -0.123. The highest BCUT2D eigenvalue weighted by atomic mass is 16.6. The van der Waals surface area contributed by atoms with Crippen LogP contribution in [0.2, 0.25) is 0 Å². The van der Waals surface area contributed by atoms with Gasteiger partial charge in [-0.15, -0.1) is 0 Å². The standard InChI is InChI=1S/C19H34N4O3/c1-5-6-7-8-9-10-11-21-17(24)16(12-15-13-20-14-22-15)23-18(25)26-19(2,3)4/h13-14,16H,5-12H2,1-4H3,(H,20,22)(H,21,24)(H,23,25)/t16-/m0/s1. The van der Waals surface area contributed by atoms with Gasteiger partial charge in [-0.1, -0.05) is 39.0 Å². The number of alkyl carbamates (subject to hydrolysis) is 1. The van der Waals surface area contributed by atoms with Gasteiger partial charge in [0, 0.05) is 24.9 Å². The van der Waals surface area contributed by atoms with E-state index in [9.17, 15) is 9.59 Å². The second-order valence-corrected chi connectivity index (χ2v) is 7.54. The molecule has 2 amide bonds. The number of hydrogen-bond donors (Lipinski definition) is 3. The highest BCUT2D eigenvalue weighted by Gasteiger charge is 2.24. The molecule has 26 heavy (non-hydrogen) atoms. The number of ether oxygens (including phenoxy) is 1. The zero-order valence-corrected chi connectivity index (χ0v) is 16.6. The summed E-state index contributed by atoms with van der Waals surface area (Å²) in [6.45, 7) is 8.16. The molecule has 1 rings (SSSR count). The van der Waals surface area contributed by atoms with Crippen molar-refractivity contribution in [2.45, 2.75) is 84.3 Å². The molecule has 7 heteroatoms. The molecular weight excluding hydrogens is 332 g/mol. The van der Waals surface area contributed by atoms with Gasteiger partial charge in [0.1, 0.15) is 11.6 Å². The predicted molar refractivity (Wildman–Crippen MR) is 102 cm³/mol. The van der Waals surface area contributed by atoms with Gasteiger partial charge in [-0.2, -0.15) is 0 Å². The molecular formula is C19H34N4O3. The SMILES string of the molecule is CCCCCCCCNC(=O)[C@H](Cc1cnc[nH]1)NC(=O)OC(C)(C)C. The van der Waals surface area contributed by atoms with Crippen LogP contribution in [0.4, 0.5) is 4.79 Å². The van der Waals surface area contributed by atoms with E-state index in [-0.39, 0.29) is 5.91 Å². The van der Waals surface area contributed by atoms with Gasteiger partial charge in [0.15, 0.2) is 0 Å². The molecule has 1 atom stereocenters. The Labute approximate surface area is 156 Å². The summed E-state index contributed by atoms with van der Waals surface area (Å²) in [5, 5.41) is 5.57. The van der Waals surface area contributed by atoms with E-state index >= 15 is 0 Å². The number of unbranched alkanes of at least 4 members (excludes halogenated alkanes) is 5. The fraction of sp³-hybridized carbons (Fsp3) is 0.737. The first-order chi connectivity index (χ1) is 12.3. The third-order valence-corrected chi connectivity index (χ3v) is 3.82. The van der Waals surface area contributed by atoms with Crippen LogP contribution < -0.4 is 10.6 Å². The third-order valence-electron chi connectivity index (χ3n) is 3.82. The number of nitrogens with one attached hydrogen (secondary N) is 3. The molecule has 0 aliphatic rings. The van der Waals surface area contributed by atoms with Crippen molar-refractivity contribution in [2.75, 3.05) is 6.54 Å². The molecule has 0 saturated heterocycles. The number of nitrogens with zero attached hydrogens (tertiary/aromatic N) is 1. The maximum atomic E-state index is 12.5. The fourth-order valence-electron chi connectivity index (χ4n) is 2.52. The third kappa shape index (κ3) is 10.1. The number of imidazole rings is 1. The Morgan fingerprint density at radius 1 is 1.19 bits per heavy atom. The van der Waals surface area contributed by atoms with E-state index in [0.29, 0.717) is 13.0 Å². The zero-order valence-electron chi connectivity index (χ0n) is 16.6. The molecule has 0 aromatic carbocycles. The lowest BCUT2D eigenvalue weighted by Gasteiger charge is -2.23. The molecule has 0 unspecified atom stereocenters. The maximum Gasteiger partial charge on any atom is 0.408 e. The molecule has 1 aromatic heterocycles. The van der Waals surface area contributed by atoms with Crippen LogP contribution in [0.1, 0.15) is 71.9 Å². The van der Waals surface area contributed by atoms with Gasteiger partial charge in [-0.25, -0.2) is 9.78 Å². The molecule has 0 saturated carbocycles. The Morgan fingerprint density at radius 3 is 2.50 bits per heavy atom. The number of amides is 2. The Balaban J connectivity index is 2.47. The normalized spacial score (nSPS) is 12.5. The van der Waals surface area contributed by atoms with E-state index in [1.54, 1.807) is 33.3 Å². The molecule has 0 fully saturated rings. The van der Waals surface area contributed by atoms with Gasteiger partial charge in [0.25, 0.3) is 0 Å². The molecule has 7 nitrogen and oxygen atoms in total. The molecule has 0 aliphatic heterocycles. The molecule has 1 heterocycles. The topological polar surface area (TPSA) is 96.1 Å². The average Bonchev–Trinajstić information content (AvgIpc) is 3.04. The van der Waals surface area contributed by atoms with Crippen molar-refractivity contribution in [3.8, 4) is 0 Å². The highest BCUT2D eigenvalue weighted by Crippen LogP contribution is 2.08. The van der Waals surface area contributed by atoms with E-state index in [2.05, 4.69) is 27.5 Å². The molecule has 0 aliphatic carbocycles. The van der Waals surface area contributed by atoms with Crippen molar-refractivity contribution in [1.29, 1.82) is 0 Å². The van der Waals surface area contributed by atoms with E-state index in [4.69, 9.17) is 4.74 Å². The summed E-state index contributed by atoms with van der Waals surface area (Å²) >= 11 is 0. The van der Waals surface area contributed by atoms with E-state index < -0.39 is 17.7 Å². The van der Waals surface area contributed by atoms with Gasteiger partial charge in [0.05, 0.1) is 6.33 Å². The minimum atomic E-state index is -0.703. The highest BCUT2D eigenvalue weighted by molar-refractivity contribution is 5.85. The Bertz CT molecular complexity index is 523. The monoisotopic (exact) mass is 366 g/mol. The molecule has 148 valence electrons. The van der Waals surface area contributed by atoms with E-state index in [1.165, 1.54) is 25.7 Å². The summed E-state index contributed by atoms with van der Waals surface area (Å²) in [4.78, 5) is 31.4. The zero-order chi connectivity index (χ0) is 19.4. The van der Waals surface area contributed by atoms with Crippen molar-refractivity contribution in [3.05, 3.63) is 18.2 Å². The number of aromatic nitrogens is 2.